The van der Waals surface area contributed by atoms with Crippen molar-refractivity contribution in [2.24, 2.45) is 0 Å². The number of hydrogen-bond acceptors (Lipinski definition) is 5. The number of aromatic nitrogens is 1. The van der Waals surface area contributed by atoms with Gasteiger partial charge in [0.2, 0.25) is 10.0 Å². The van der Waals surface area contributed by atoms with Crippen LogP contribution >= 0.6 is 0 Å². The first kappa shape index (κ1) is 15.9. The lowest BCUT2D eigenvalue weighted by molar-refractivity contribution is -0.0961. The maximum atomic E-state index is 11.7. The van der Waals surface area contributed by atoms with Crippen LogP contribution in [0, 0.1) is 0 Å². The maximum Gasteiger partial charge on any atom is 0.211 e. The summed E-state index contributed by atoms with van der Waals surface area (Å²) in [5, 5.41) is 0. The van der Waals surface area contributed by atoms with Crippen LogP contribution in [-0.4, -0.2) is 55.4 Å². The van der Waals surface area contributed by atoms with E-state index in [9.17, 15) is 8.42 Å². The van der Waals surface area contributed by atoms with Crippen molar-refractivity contribution >= 4 is 10.0 Å². The monoisotopic (exact) mass is 326 g/mol. The number of ether oxygens (including phenoxy) is 2. The van der Waals surface area contributed by atoms with Gasteiger partial charge in [-0.1, -0.05) is 6.07 Å². The molecule has 1 unspecified atom stereocenters. The van der Waals surface area contributed by atoms with Gasteiger partial charge in [-0.25, -0.2) is 8.42 Å². The van der Waals surface area contributed by atoms with Crippen LogP contribution in [0.15, 0.2) is 24.5 Å². The van der Waals surface area contributed by atoms with Gasteiger partial charge in [0.1, 0.15) is 0 Å². The summed E-state index contributed by atoms with van der Waals surface area (Å²) in [5.74, 6) is 0. The van der Waals surface area contributed by atoms with Gasteiger partial charge in [-0.3, -0.25) is 4.98 Å². The van der Waals surface area contributed by atoms with E-state index in [1.165, 1.54) is 6.26 Å². The lowest BCUT2D eigenvalue weighted by Gasteiger charge is -2.35. The number of fused-ring (bicyclic) bond motifs is 1. The molecule has 1 aromatic heterocycles. The van der Waals surface area contributed by atoms with Crippen LogP contribution in [0.25, 0.3) is 0 Å². The van der Waals surface area contributed by atoms with Gasteiger partial charge in [0.15, 0.2) is 0 Å². The fraction of sp³-hybridized carbons (Fsp3) is 0.667. The number of hydrogen-bond donors (Lipinski definition) is 0. The molecule has 1 aromatic rings. The van der Waals surface area contributed by atoms with E-state index in [0.717, 1.165) is 24.8 Å². The average Bonchev–Trinajstić information content (AvgIpc) is 2.91. The molecule has 22 heavy (non-hydrogen) atoms. The van der Waals surface area contributed by atoms with Gasteiger partial charge in [-0.05, 0) is 30.9 Å². The quantitative estimate of drug-likeness (QED) is 0.813. The molecule has 0 aromatic carbocycles. The van der Waals surface area contributed by atoms with Gasteiger partial charge >= 0.3 is 0 Å². The minimum Gasteiger partial charge on any atom is -0.374 e. The van der Waals surface area contributed by atoms with Gasteiger partial charge in [-0.15, -0.1) is 0 Å². The molecule has 0 amide bonds. The normalized spacial score (nSPS) is 29.4. The first-order valence-electron chi connectivity index (χ1n) is 7.63. The molecule has 3 atom stereocenters. The maximum absolute atomic E-state index is 11.7. The first-order chi connectivity index (χ1) is 10.5. The van der Waals surface area contributed by atoms with E-state index in [2.05, 4.69) is 4.98 Å². The highest BCUT2D eigenvalue weighted by atomic mass is 32.2. The summed E-state index contributed by atoms with van der Waals surface area (Å²) in [6.45, 7) is 1.63. The summed E-state index contributed by atoms with van der Waals surface area (Å²) in [4.78, 5) is 4.05. The molecule has 2 aliphatic rings. The Hall–Kier alpha value is -1.02. The Kier molecular flexibility index (Phi) is 4.77. The van der Waals surface area contributed by atoms with Crippen LogP contribution in [0.2, 0.25) is 0 Å². The summed E-state index contributed by atoms with van der Waals surface area (Å²) < 4.78 is 36.8. The van der Waals surface area contributed by atoms with Crippen LogP contribution in [0.3, 0.4) is 0 Å². The fourth-order valence-electron chi connectivity index (χ4n) is 3.28. The largest absolute Gasteiger partial charge is 0.374 e. The van der Waals surface area contributed by atoms with E-state index < -0.39 is 10.0 Å². The zero-order chi connectivity index (χ0) is 15.6. The molecule has 3 heterocycles. The third-order valence-corrected chi connectivity index (χ3v) is 5.61. The Bertz CT molecular complexity index is 593. The van der Waals surface area contributed by atoms with Gasteiger partial charge < -0.3 is 9.47 Å². The second-order valence-electron chi connectivity index (χ2n) is 5.98. The second kappa shape index (κ2) is 6.62. The smallest absolute Gasteiger partial charge is 0.211 e. The molecule has 2 saturated heterocycles. The van der Waals surface area contributed by atoms with Gasteiger partial charge in [0, 0.05) is 18.9 Å². The lowest BCUT2D eigenvalue weighted by Crippen LogP contribution is -2.45. The standard InChI is InChI=1S/C15H22N2O4S/c1-22(18,19)17-8-6-15-14(17)5-4-13(21-15)11-20-10-12-3-2-7-16-9-12/h2-3,7,9,13-15H,4-6,8,10-11H2,1H3/t13?,14-,15-/m0/s1. The SMILES string of the molecule is CS(=O)(=O)N1CC[C@@H]2OC(COCc3cccnc3)CC[C@@H]21. The summed E-state index contributed by atoms with van der Waals surface area (Å²) in [6.07, 6.45) is 7.32. The van der Waals surface area contributed by atoms with Crippen molar-refractivity contribution < 1.29 is 17.9 Å². The zero-order valence-electron chi connectivity index (χ0n) is 12.7. The molecular formula is C15H22N2O4S. The third-order valence-electron chi connectivity index (χ3n) is 4.31. The Morgan fingerprint density at radius 1 is 1.41 bits per heavy atom. The van der Waals surface area contributed by atoms with E-state index in [1.54, 1.807) is 16.7 Å². The van der Waals surface area contributed by atoms with Crippen LogP contribution in [0.5, 0.6) is 0 Å². The molecule has 122 valence electrons. The Labute approximate surface area is 131 Å². The third kappa shape index (κ3) is 3.65. The number of sulfonamides is 1. The molecule has 7 heteroatoms. The minimum absolute atomic E-state index is 0.00423. The van der Waals surface area contributed by atoms with E-state index in [1.807, 2.05) is 12.1 Å². The van der Waals surface area contributed by atoms with Crippen molar-refractivity contribution in [2.75, 3.05) is 19.4 Å². The highest BCUT2D eigenvalue weighted by Gasteiger charge is 2.43. The summed E-state index contributed by atoms with van der Waals surface area (Å²) in [6, 6.07) is 3.87. The fourth-order valence-corrected chi connectivity index (χ4v) is 4.45. The highest BCUT2D eigenvalue weighted by Crippen LogP contribution is 2.33. The molecular weight excluding hydrogens is 304 g/mol. The highest BCUT2D eigenvalue weighted by molar-refractivity contribution is 7.88. The van der Waals surface area contributed by atoms with Crippen LogP contribution < -0.4 is 0 Å². The van der Waals surface area contributed by atoms with E-state index in [4.69, 9.17) is 9.47 Å². The lowest BCUT2D eigenvalue weighted by atomic mass is 10.0. The van der Waals surface area contributed by atoms with Crippen molar-refractivity contribution in [3.8, 4) is 0 Å². The Morgan fingerprint density at radius 3 is 3.00 bits per heavy atom. The van der Waals surface area contributed by atoms with Crippen molar-refractivity contribution in [1.29, 1.82) is 0 Å². The molecule has 2 aliphatic heterocycles. The minimum atomic E-state index is -3.13. The summed E-state index contributed by atoms with van der Waals surface area (Å²) >= 11 is 0. The van der Waals surface area contributed by atoms with E-state index in [-0.39, 0.29) is 18.2 Å². The van der Waals surface area contributed by atoms with Crippen molar-refractivity contribution in [1.82, 2.24) is 9.29 Å². The molecule has 0 bridgehead atoms. The van der Waals surface area contributed by atoms with Gasteiger partial charge in [-0.2, -0.15) is 4.31 Å². The average molecular weight is 326 g/mol. The second-order valence-corrected chi connectivity index (χ2v) is 7.92. The molecule has 2 fully saturated rings. The van der Waals surface area contributed by atoms with Crippen LogP contribution in [0.1, 0.15) is 24.8 Å². The van der Waals surface area contributed by atoms with Crippen molar-refractivity contribution in [3.05, 3.63) is 30.1 Å². The van der Waals surface area contributed by atoms with E-state index in [0.29, 0.717) is 19.8 Å². The molecule has 3 rings (SSSR count). The molecule has 0 saturated carbocycles. The van der Waals surface area contributed by atoms with Crippen molar-refractivity contribution in [2.45, 2.75) is 44.1 Å². The zero-order valence-corrected chi connectivity index (χ0v) is 13.5. The topological polar surface area (TPSA) is 68.7 Å². The van der Waals surface area contributed by atoms with Gasteiger partial charge in [0.05, 0.1) is 37.7 Å². The predicted molar refractivity (Wildman–Crippen MR) is 81.7 cm³/mol. The van der Waals surface area contributed by atoms with Crippen LogP contribution in [-0.2, 0) is 26.1 Å². The van der Waals surface area contributed by atoms with Crippen molar-refractivity contribution in [3.63, 3.8) is 0 Å². The summed E-state index contributed by atoms with van der Waals surface area (Å²) in [7, 11) is -3.13. The molecule has 6 nitrogen and oxygen atoms in total. The van der Waals surface area contributed by atoms with Gasteiger partial charge in [0.25, 0.3) is 0 Å². The molecule has 0 radical (unpaired) electrons. The molecule has 0 spiro atoms. The first-order valence-corrected chi connectivity index (χ1v) is 9.48. The molecule has 0 N–H and O–H groups in total. The van der Waals surface area contributed by atoms with E-state index >= 15 is 0 Å². The van der Waals surface area contributed by atoms with Crippen LogP contribution in [0.4, 0.5) is 0 Å². The molecule has 0 aliphatic carbocycles. The Morgan fingerprint density at radius 2 is 2.27 bits per heavy atom. The Balaban J connectivity index is 1.47. The number of pyridine rings is 1. The number of rotatable bonds is 5. The number of nitrogens with zero attached hydrogens (tertiary/aromatic N) is 2. The predicted octanol–water partition coefficient (Wildman–Crippen LogP) is 1.18. The summed E-state index contributed by atoms with van der Waals surface area (Å²) in [5.41, 5.74) is 1.04.